The molecule has 0 aliphatic heterocycles. The maximum atomic E-state index is 12.4. The van der Waals surface area contributed by atoms with Gasteiger partial charge in [-0.1, -0.05) is 64.7 Å². The first-order chi connectivity index (χ1) is 11.6. The predicted molar refractivity (Wildman–Crippen MR) is 99.4 cm³/mol. The van der Waals surface area contributed by atoms with Gasteiger partial charge < -0.3 is 9.47 Å². The van der Waals surface area contributed by atoms with Crippen LogP contribution >= 0.6 is 0 Å². The van der Waals surface area contributed by atoms with Crippen molar-refractivity contribution in [3.63, 3.8) is 0 Å². The number of unbranched alkanes of at least 4 members (excludes halogenated alkanes) is 3. The third-order valence-electron chi connectivity index (χ3n) is 4.30. The third kappa shape index (κ3) is 7.96. The van der Waals surface area contributed by atoms with Gasteiger partial charge in [-0.25, -0.2) is 4.79 Å². The van der Waals surface area contributed by atoms with Crippen molar-refractivity contribution in [2.45, 2.75) is 71.8 Å². The highest BCUT2D eigenvalue weighted by Crippen LogP contribution is 2.16. The first kappa shape index (κ1) is 20.7. The van der Waals surface area contributed by atoms with E-state index in [2.05, 4.69) is 20.8 Å². The van der Waals surface area contributed by atoms with Crippen LogP contribution in [0.25, 0.3) is 0 Å². The zero-order valence-corrected chi connectivity index (χ0v) is 15.8. The molecule has 0 aliphatic rings. The Balaban J connectivity index is 2.43. The van der Waals surface area contributed by atoms with Crippen LogP contribution in [0.3, 0.4) is 0 Å². The van der Waals surface area contributed by atoms with Crippen LogP contribution in [0.1, 0.15) is 75.2 Å². The standard InChI is InChI=1S/C21H34O3/c1-5-18-13-10-11-15-20(18)21(22)24-19(16-23-4)14-9-7-6-8-12-17(2)3/h10-11,13,15,17,19H,5-9,12,14,16H2,1-4H3. The molecule has 0 N–H and O–H groups in total. The maximum Gasteiger partial charge on any atom is 0.338 e. The van der Waals surface area contributed by atoms with E-state index >= 15 is 0 Å². The van der Waals surface area contributed by atoms with E-state index in [0.29, 0.717) is 12.2 Å². The van der Waals surface area contributed by atoms with Crippen LogP contribution in [0, 0.1) is 5.92 Å². The number of methoxy groups -OCH3 is 1. The van der Waals surface area contributed by atoms with E-state index in [1.165, 1.54) is 25.7 Å². The van der Waals surface area contributed by atoms with Gasteiger partial charge in [0.2, 0.25) is 0 Å². The summed E-state index contributed by atoms with van der Waals surface area (Å²) >= 11 is 0. The Hall–Kier alpha value is -1.35. The Kier molecular flexibility index (Phi) is 10.4. The van der Waals surface area contributed by atoms with Crippen molar-refractivity contribution in [3.8, 4) is 0 Å². The summed E-state index contributed by atoms with van der Waals surface area (Å²) in [5, 5.41) is 0. The van der Waals surface area contributed by atoms with Gasteiger partial charge in [0.25, 0.3) is 0 Å². The lowest BCUT2D eigenvalue weighted by Crippen LogP contribution is -2.23. The molecule has 136 valence electrons. The van der Waals surface area contributed by atoms with Crippen molar-refractivity contribution in [1.82, 2.24) is 0 Å². The second-order valence-electron chi connectivity index (χ2n) is 6.88. The minimum Gasteiger partial charge on any atom is -0.456 e. The summed E-state index contributed by atoms with van der Waals surface area (Å²) < 4.78 is 10.9. The smallest absolute Gasteiger partial charge is 0.338 e. The Bertz CT molecular complexity index is 468. The van der Waals surface area contributed by atoms with Crippen LogP contribution in [0.15, 0.2) is 24.3 Å². The molecular weight excluding hydrogens is 300 g/mol. The van der Waals surface area contributed by atoms with Crippen molar-refractivity contribution in [2.24, 2.45) is 5.92 Å². The lowest BCUT2D eigenvalue weighted by atomic mass is 10.0. The SMILES string of the molecule is CCc1ccccc1C(=O)OC(CCCCCCC(C)C)COC. The fourth-order valence-corrected chi connectivity index (χ4v) is 2.88. The number of rotatable bonds is 12. The number of carbonyl (C=O) groups is 1. The Labute approximate surface area is 147 Å². The molecule has 0 saturated carbocycles. The summed E-state index contributed by atoms with van der Waals surface area (Å²) in [6.45, 7) is 7.05. The maximum absolute atomic E-state index is 12.4. The molecular formula is C21H34O3. The molecule has 1 aromatic rings. The first-order valence-electron chi connectivity index (χ1n) is 9.36. The first-order valence-corrected chi connectivity index (χ1v) is 9.36. The zero-order chi connectivity index (χ0) is 17.8. The van der Waals surface area contributed by atoms with E-state index in [9.17, 15) is 4.79 Å². The number of carbonyl (C=O) groups excluding carboxylic acids is 1. The monoisotopic (exact) mass is 334 g/mol. The zero-order valence-electron chi connectivity index (χ0n) is 15.8. The molecule has 1 aromatic carbocycles. The van der Waals surface area contributed by atoms with Gasteiger partial charge in [-0.3, -0.25) is 0 Å². The lowest BCUT2D eigenvalue weighted by molar-refractivity contribution is 0.00227. The summed E-state index contributed by atoms with van der Waals surface area (Å²) in [6.07, 6.45) is 7.65. The lowest BCUT2D eigenvalue weighted by Gasteiger charge is -2.18. The topological polar surface area (TPSA) is 35.5 Å². The van der Waals surface area contributed by atoms with E-state index < -0.39 is 0 Å². The highest BCUT2D eigenvalue weighted by molar-refractivity contribution is 5.91. The van der Waals surface area contributed by atoms with E-state index in [1.54, 1.807) is 7.11 Å². The summed E-state index contributed by atoms with van der Waals surface area (Å²) in [5.41, 5.74) is 1.71. The summed E-state index contributed by atoms with van der Waals surface area (Å²) in [7, 11) is 1.66. The van der Waals surface area contributed by atoms with Gasteiger partial charge in [0.1, 0.15) is 6.10 Å². The number of hydrogen-bond acceptors (Lipinski definition) is 3. The van der Waals surface area contributed by atoms with Gasteiger partial charge in [-0.15, -0.1) is 0 Å². The molecule has 1 rings (SSSR count). The molecule has 0 bridgehead atoms. The van der Waals surface area contributed by atoms with Gasteiger partial charge >= 0.3 is 5.97 Å². The van der Waals surface area contributed by atoms with Crippen LogP contribution in [-0.4, -0.2) is 25.8 Å². The van der Waals surface area contributed by atoms with Gasteiger partial charge in [-0.2, -0.15) is 0 Å². The van der Waals surface area contributed by atoms with E-state index in [4.69, 9.17) is 9.47 Å². The van der Waals surface area contributed by atoms with E-state index in [1.807, 2.05) is 24.3 Å². The largest absolute Gasteiger partial charge is 0.456 e. The fourth-order valence-electron chi connectivity index (χ4n) is 2.88. The summed E-state index contributed by atoms with van der Waals surface area (Å²) in [4.78, 5) is 12.4. The number of aryl methyl sites for hydroxylation is 1. The minimum absolute atomic E-state index is 0.155. The number of benzene rings is 1. The van der Waals surface area contributed by atoms with E-state index in [-0.39, 0.29) is 12.1 Å². The fraction of sp³-hybridized carbons (Fsp3) is 0.667. The van der Waals surface area contributed by atoms with Gasteiger partial charge in [0.15, 0.2) is 0 Å². The van der Waals surface area contributed by atoms with Crippen LogP contribution < -0.4 is 0 Å². The highest BCUT2D eigenvalue weighted by Gasteiger charge is 2.17. The summed E-state index contributed by atoms with van der Waals surface area (Å²) in [5.74, 6) is 0.556. The molecule has 1 atom stereocenters. The van der Waals surface area contributed by atoms with Crippen LogP contribution in [-0.2, 0) is 15.9 Å². The van der Waals surface area contributed by atoms with Crippen LogP contribution in [0.5, 0.6) is 0 Å². The molecule has 24 heavy (non-hydrogen) atoms. The molecule has 0 saturated heterocycles. The molecule has 0 radical (unpaired) electrons. The molecule has 1 unspecified atom stereocenters. The number of ether oxygens (including phenoxy) is 2. The van der Waals surface area contributed by atoms with Crippen molar-refractivity contribution in [1.29, 1.82) is 0 Å². The molecule has 0 heterocycles. The van der Waals surface area contributed by atoms with Gasteiger partial charge in [0.05, 0.1) is 12.2 Å². The minimum atomic E-state index is -0.227. The Morgan fingerprint density at radius 1 is 1.04 bits per heavy atom. The quantitative estimate of drug-likeness (QED) is 0.378. The predicted octanol–water partition coefficient (Wildman–Crippen LogP) is 5.42. The molecule has 0 spiro atoms. The Morgan fingerprint density at radius 2 is 1.71 bits per heavy atom. The molecule has 0 amide bonds. The Morgan fingerprint density at radius 3 is 2.33 bits per heavy atom. The molecule has 0 aliphatic carbocycles. The van der Waals surface area contributed by atoms with Gasteiger partial charge in [-0.05, 0) is 36.8 Å². The van der Waals surface area contributed by atoms with Crippen LogP contribution in [0.2, 0.25) is 0 Å². The van der Waals surface area contributed by atoms with Gasteiger partial charge in [0, 0.05) is 7.11 Å². The molecule has 0 aromatic heterocycles. The average molecular weight is 334 g/mol. The summed E-state index contributed by atoms with van der Waals surface area (Å²) in [6, 6.07) is 7.67. The third-order valence-corrected chi connectivity index (χ3v) is 4.30. The van der Waals surface area contributed by atoms with Crippen molar-refractivity contribution in [3.05, 3.63) is 35.4 Å². The number of esters is 1. The van der Waals surface area contributed by atoms with Crippen molar-refractivity contribution in [2.75, 3.05) is 13.7 Å². The van der Waals surface area contributed by atoms with E-state index in [0.717, 1.165) is 30.7 Å². The second-order valence-corrected chi connectivity index (χ2v) is 6.88. The van der Waals surface area contributed by atoms with Crippen molar-refractivity contribution < 1.29 is 14.3 Å². The second kappa shape index (κ2) is 12.1. The average Bonchev–Trinajstić information content (AvgIpc) is 2.57. The number of hydrogen-bond donors (Lipinski definition) is 0. The molecule has 3 heteroatoms. The molecule has 0 fully saturated rings. The van der Waals surface area contributed by atoms with Crippen LogP contribution in [0.4, 0.5) is 0 Å². The van der Waals surface area contributed by atoms with Crippen molar-refractivity contribution >= 4 is 5.97 Å². The molecule has 3 nitrogen and oxygen atoms in total. The highest BCUT2D eigenvalue weighted by atomic mass is 16.6. The normalized spacial score (nSPS) is 12.4.